The largest absolute Gasteiger partial charge is 0.312 e. The Morgan fingerprint density at radius 3 is 2.57 bits per heavy atom. The van der Waals surface area contributed by atoms with Gasteiger partial charge in [0.25, 0.3) is 0 Å². The molecule has 0 unspecified atom stereocenters. The third-order valence-electron chi connectivity index (χ3n) is 5.33. The number of aromatic nitrogens is 3. The number of benzene rings is 1. The summed E-state index contributed by atoms with van der Waals surface area (Å²) in [6.07, 6.45) is 9.15. The second-order valence-electron chi connectivity index (χ2n) is 7.06. The fraction of sp³-hybridized carbons (Fsp3) is 0.182. The number of anilines is 1. The van der Waals surface area contributed by atoms with Gasteiger partial charge in [0.1, 0.15) is 5.69 Å². The Labute approximate surface area is 161 Å². The maximum absolute atomic E-state index is 12.0. The molecule has 3 aromatic rings. The van der Waals surface area contributed by atoms with Gasteiger partial charge < -0.3 is 4.90 Å². The van der Waals surface area contributed by atoms with Crippen LogP contribution in [0.15, 0.2) is 55.0 Å². The highest BCUT2D eigenvalue weighted by Crippen LogP contribution is 2.32. The summed E-state index contributed by atoms with van der Waals surface area (Å²) in [6.45, 7) is 0.787. The van der Waals surface area contributed by atoms with Crippen LogP contribution < -0.4 is 4.90 Å². The highest BCUT2D eigenvalue weighted by atomic mass is 16.2. The molecule has 1 aromatic carbocycles. The van der Waals surface area contributed by atoms with Crippen molar-refractivity contribution in [3.63, 3.8) is 0 Å². The molecule has 0 radical (unpaired) electrons. The summed E-state index contributed by atoms with van der Waals surface area (Å²) in [6, 6.07) is 10.1. The molecular weight excluding hydrogens is 352 g/mol. The van der Waals surface area contributed by atoms with Gasteiger partial charge in [0.2, 0.25) is 5.91 Å². The minimum atomic E-state index is 0.0485. The van der Waals surface area contributed by atoms with E-state index >= 15 is 0 Å². The van der Waals surface area contributed by atoms with Gasteiger partial charge in [-0.05, 0) is 35.8 Å². The topological polar surface area (TPSA) is 79.0 Å². The van der Waals surface area contributed by atoms with Crippen LogP contribution in [0.3, 0.4) is 0 Å². The molecule has 2 aromatic heterocycles. The van der Waals surface area contributed by atoms with Crippen molar-refractivity contribution in [2.75, 3.05) is 11.4 Å². The standard InChI is InChI=1S/C22H18N4O2/c27-20-8-7-18(19-13-24-25-22(19)20)16-10-15(11-23-12-16)14-3-5-17(6-4-14)26-9-1-2-21(26)28/h3-7,10-13H,1-2,8-9H2,(H,24,25). The van der Waals surface area contributed by atoms with Crippen molar-refractivity contribution in [2.45, 2.75) is 19.3 Å². The SMILES string of the molecule is O=C1CC=C(c2cncc(-c3ccc(N4CCCC4=O)cc3)c2)c2cn[nH]c21. The fourth-order valence-electron chi connectivity index (χ4n) is 3.88. The molecule has 1 aliphatic carbocycles. The van der Waals surface area contributed by atoms with Crippen LogP contribution in [0.25, 0.3) is 16.7 Å². The van der Waals surface area contributed by atoms with Gasteiger partial charge in [-0.1, -0.05) is 18.2 Å². The summed E-state index contributed by atoms with van der Waals surface area (Å²) in [5, 5.41) is 6.82. The average Bonchev–Trinajstić information content (AvgIpc) is 3.38. The smallest absolute Gasteiger partial charge is 0.227 e. The van der Waals surface area contributed by atoms with Crippen LogP contribution in [0.4, 0.5) is 5.69 Å². The van der Waals surface area contributed by atoms with E-state index < -0.39 is 0 Å². The molecule has 1 aliphatic heterocycles. The van der Waals surface area contributed by atoms with Crippen LogP contribution in [0, 0.1) is 0 Å². The molecule has 2 aliphatic rings. The number of H-pyrrole nitrogens is 1. The van der Waals surface area contributed by atoms with Crippen LogP contribution in [0.5, 0.6) is 0 Å². The molecule has 0 atom stereocenters. The summed E-state index contributed by atoms with van der Waals surface area (Å²) in [4.78, 5) is 30.2. The lowest BCUT2D eigenvalue weighted by Crippen LogP contribution is -2.23. The Balaban J connectivity index is 1.47. The van der Waals surface area contributed by atoms with E-state index in [1.807, 2.05) is 41.4 Å². The lowest BCUT2D eigenvalue weighted by molar-refractivity contribution is -0.117. The number of hydrogen-bond acceptors (Lipinski definition) is 4. The maximum Gasteiger partial charge on any atom is 0.227 e. The normalized spacial score (nSPS) is 16.3. The van der Waals surface area contributed by atoms with Crippen molar-refractivity contribution >= 4 is 23.0 Å². The Morgan fingerprint density at radius 2 is 1.79 bits per heavy atom. The molecular formula is C22H18N4O2. The molecule has 1 N–H and O–H groups in total. The van der Waals surface area contributed by atoms with Crippen molar-refractivity contribution in [2.24, 2.45) is 0 Å². The van der Waals surface area contributed by atoms with E-state index in [-0.39, 0.29) is 11.7 Å². The first kappa shape index (κ1) is 16.6. The van der Waals surface area contributed by atoms with Crippen LogP contribution in [0.2, 0.25) is 0 Å². The molecule has 1 saturated heterocycles. The van der Waals surface area contributed by atoms with Crippen LogP contribution in [-0.2, 0) is 4.79 Å². The Bertz CT molecular complexity index is 1110. The monoisotopic (exact) mass is 370 g/mol. The Kier molecular flexibility index (Phi) is 3.90. The van der Waals surface area contributed by atoms with E-state index in [0.717, 1.165) is 46.5 Å². The molecule has 138 valence electrons. The number of fused-ring (bicyclic) bond motifs is 1. The number of carbonyl (C=O) groups excluding carboxylic acids is 2. The number of nitrogens with one attached hydrogen (secondary N) is 1. The molecule has 6 heteroatoms. The van der Waals surface area contributed by atoms with Gasteiger partial charge in [-0.15, -0.1) is 0 Å². The van der Waals surface area contributed by atoms with Gasteiger partial charge in [-0.2, -0.15) is 5.10 Å². The minimum absolute atomic E-state index is 0.0485. The van der Waals surface area contributed by atoms with Crippen molar-refractivity contribution < 1.29 is 9.59 Å². The number of ketones is 1. The molecule has 28 heavy (non-hydrogen) atoms. The zero-order valence-electron chi connectivity index (χ0n) is 15.2. The predicted octanol–water partition coefficient (Wildman–Crippen LogP) is 3.62. The molecule has 3 heterocycles. The van der Waals surface area contributed by atoms with Crippen molar-refractivity contribution in [1.29, 1.82) is 0 Å². The molecule has 0 saturated carbocycles. The highest BCUT2D eigenvalue weighted by molar-refractivity contribution is 6.05. The minimum Gasteiger partial charge on any atom is -0.312 e. The molecule has 0 spiro atoms. The maximum atomic E-state index is 12.0. The van der Waals surface area contributed by atoms with Crippen molar-refractivity contribution in [3.8, 4) is 11.1 Å². The molecule has 6 nitrogen and oxygen atoms in total. The van der Waals surface area contributed by atoms with E-state index in [2.05, 4.69) is 21.2 Å². The molecule has 1 fully saturated rings. The Morgan fingerprint density at radius 1 is 0.964 bits per heavy atom. The second-order valence-corrected chi connectivity index (χ2v) is 7.06. The van der Waals surface area contributed by atoms with Gasteiger partial charge in [0.15, 0.2) is 5.78 Å². The first-order chi connectivity index (χ1) is 13.7. The van der Waals surface area contributed by atoms with E-state index in [1.165, 1.54) is 0 Å². The Hall–Kier alpha value is -3.54. The first-order valence-corrected chi connectivity index (χ1v) is 9.34. The van der Waals surface area contributed by atoms with Gasteiger partial charge in [0, 0.05) is 54.2 Å². The van der Waals surface area contributed by atoms with E-state index in [0.29, 0.717) is 18.5 Å². The zero-order chi connectivity index (χ0) is 19.1. The first-order valence-electron chi connectivity index (χ1n) is 9.34. The summed E-state index contributed by atoms with van der Waals surface area (Å²) in [5.74, 6) is 0.235. The number of Topliss-reactive ketones (excluding diaryl/α,β-unsaturated/α-hetero) is 1. The molecule has 0 bridgehead atoms. The zero-order valence-corrected chi connectivity index (χ0v) is 15.2. The van der Waals surface area contributed by atoms with E-state index in [4.69, 9.17) is 0 Å². The number of aromatic amines is 1. The third-order valence-corrected chi connectivity index (χ3v) is 5.33. The lowest BCUT2D eigenvalue weighted by atomic mass is 9.90. The van der Waals surface area contributed by atoms with Crippen LogP contribution in [-0.4, -0.2) is 33.4 Å². The number of hydrogen-bond donors (Lipinski definition) is 1. The van der Waals surface area contributed by atoms with Crippen LogP contribution >= 0.6 is 0 Å². The average molecular weight is 370 g/mol. The number of allylic oxidation sites excluding steroid dienone is 1. The van der Waals surface area contributed by atoms with Gasteiger partial charge in [-0.25, -0.2) is 0 Å². The fourth-order valence-corrected chi connectivity index (χ4v) is 3.88. The van der Waals surface area contributed by atoms with Crippen LogP contribution in [0.1, 0.15) is 40.9 Å². The van der Waals surface area contributed by atoms with Gasteiger partial charge >= 0.3 is 0 Å². The van der Waals surface area contributed by atoms with Gasteiger partial charge in [0.05, 0.1) is 6.20 Å². The number of carbonyl (C=O) groups is 2. The van der Waals surface area contributed by atoms with Gasteiger partial charge in [-0.3, -0.25) is 19.7 Å². The third kappa shape index (κ3) is 2.74. The highest BCUT2D eigenvalue weighted by Gasteiger charge is 2.23. The predicted molar refractivity (Wildman–Crippen MR) is 106 cm³/mol. The number of rotatable bonds is 3. The van der Waals surface area contributed by atoms with E-state index in [9.17, 15) is 9.59 Å². The molecule has 1 amide bonds. The summed E-state index contributed by atoms with van der Waals surface area (Å²) >= 11 is 0. The lowest BCUT2D eigenvalue weighted by Gasteiger charge is -2.16. The summed E-state index contributed by atoms with van der Waals surface area (Å²) in [5.41, 5.74) is 6.25. The number of amides is 1. The summed E-state index contributed by atoms with van der Waals surface area (Å²) in [7, 11) is 0. The summed E-state index contributed by atoms with van der Waals surface area (Å²) < 4.78 is 0. The van der Waals surface area contributed by atoms with Crippen molar-refractivity contribution in [3.05, 3.63) is 71.8 Å². The van der Waals surface area contributed by atoms with Crippen molar-refractivity contribution in [1.82, 2.24) is 15.2 Å². The number of pyridine rings is 1. The quantitative estimate of drug-likeness (QED) is 0.764. The number of nitrogens with zero attached hydrogens (tertiary/aromatic N) is 3. The van der Waals surface area contributed by atoms with E-state index in [1.54, 1.807) is 12.4 Å². The molecule has 5 rings (SSSR count). The second kappa shape index (κ2) is 6.56.